The van der Waals surface area contributed by atoms with E-state index in [-0.39, 0.29) is 48.4 Å². The third-order valence-corrected chi connectivity index (χ3v) is 3.91. The summed E-state index contributed by atoms with van der Waals surface area (Å²) in [6, 6.07) is -0.226. The first-order valence-electron chi connectivity index (χ1n) is 6.18. The van der Waals surface area contributed by atoms with Crippen LogP contribution in [0.4, 0.5) is 5.95 Å². The lowest BCUT2D eigenvalue weighted by Gasteiger charge is -2.46. The molecule has 2 heterocycles. The van der Waals surface area contributed by atoms with Gasteiger partial charge in [-0.15, -0.1) is 0 Å². The Labute approximate surface area is 114 Å². The first-order chi connectivity index (χ1) is 9.58. The molecule has 0 saturated heterocycles. The van der Waals surface area contributed by atoms with E-state index in [1.807, 2.05) is 0 Å². The monoisotopic (exact) mass is 277 g/mol. The van der Waals surface area contributed by atoms with E-state index >= 15 is 0 Å². The molecule has 5 N–H and O–H groups in total. The minimum atomic E-state index is -0.282. The van der Waals surface area contributed by atoms with Crippen molar-refractivity contribution in [1.82, 2.24) is 19.5 Å². The van der Waals surface area contributed by atoms with Crippen LogP contribution < -0.4 is 5.73 Å². The highest BCUT2D eigenvalue weighted by molar-refractivity contribution is 5.77. The Morgan fingerprint density at radius 3 is 2.70 bits per heavy atom. The number of nitrogens with two attached hydrogens (primary N) is 1. The van der Waals surface area contributed by atoms with Crippen molar-refractivity contribution in [2.45, 2.75) is 6.04 Å². The quantitative estimate of drug-likeness (QED) is 0.553. The maximum atomic E-state index is 9.71. The van der Waals surface area contributed by atoms with Crippen molar-refractivity contribution in [2.24, 2.45) is 11.8 Å². The number of hydrogen-bond donors (Lipinski definition) is 4. The van der Waals surface area contributed by atoms with Crippen molar-refractivity contribution in [2.75, 3.05) is 18.9 Å². The van der Waals surface area contributed by atoms with E-state index in [4.69, 9.17) is 5.73 Å². The van der Waals surface area contributed by atoms with Crippen LogP contribution in [-0.2, 0) is 0 Å². The number of hydrogen-bond acceptors (Lipinski definition) is 7. The van der Waals surface area contributed by atoms with Gasteiger partial charge < -0.3 is 25.6 Å². The predicted molar refractivity (Wildman–Crippen MR) is 70.7 cm³/mol. The Morgan fingerprint density at radius 1 is 1.30 bits per heavy atom. The molecule has 0 aliphatic heterocycles. The van der Waals surface area contributed by atoms with Gasteiger partial charge in [-0.3, -0.25) is 0 Å². The Kier molecular flexibility index (Phi) is 2.84. The smallest absolute Gasteiger partial charge is 0.244 e. The van der Waals surface area contributed by atoms with Crippen LogP contribution in [0.5, 0.6) is 5.88 Å². The fraction of sp³-hybridized carbons (Fsp3) is 0.417. The van der Waals surface area contributed by atoms with Gasteiger partial charge in [-0.1, -0.05) is 6.58 Å². The molecule has 3 rings (SSSR count). The molecule has 0 radical (unpaired) electrons. The molecule has 0 bridgehead atoms. The molecule has 106 valence electrons. The average Bonchev–Trinajstić information content (AvgIpc) is 2.80. The third kappa shape index (κ3) is 1.58. The molecule has 8 nitrogen and oxygen atoms in total. The highest BCUT2D eigenvalue weighted by Crippen LogP contribution is 2.48. The van der Waals surface area contributed by atoms with Crippen LogP contribution in [0.15, 0.2) is 18.5 Å². The fourth-order valence-electron chi connectivity index (χ4n) is 2.86. The van der Waals surface area contributed by atoms with Crippen molar-refractivity contribution in [3.8, 4) is 5.88 Å². The number of nitrogen functional groups attached to an aromatic ring is 1. The largest absolute Gasteiger partial charge is 0.492 e. The first-order valence-corrected chi connectivity index (χ1v) is 6.18. The fourth-order valence-corrected chi connectivity index (χ4v) is 2.86. The zero-order valence-corrected chi connectivity index (χ0v) is 10.6. The van der Waals surface area contributed by atoms with E-state index in [1.165, 1.54) is 6.33 Å². The van der Waals surface area contributed by atoms with Crippen LogP contribution in [-0.4, -0.2) is 48.1 Å². The summed E-state index contributed by atoms with van der Waals surface area (Å²) in [6.07, 6.45) is 1.50. The molecular formula is C12H15N5O3. The minimum absolute atomic E-state index is 0.0547. The van der Waals surface area contributed by atoms with Gasteiger partial charge in [-0.05, 0) is 5.57 Å². The van der Waals surface area contributed by atoms with Gasteiger partial charge in [0, 0.05) is 18.4 Å². The van der Waals surface area contributed by atoms with Gasteiger partial charge in [0.25, 0.3) is 0 Å². The highest BCUT2D eigenvalue weighted by Gasteiger charge is 2.45. The molecule has 8 heteroatoms. The van der Waals surface area contributed by atoms with Gasteiger partial charge in [-0.25, -0.2) is 4.98 Å². The molecule has 0 aromatic carbocycles. The second-order valence-corrected chi connectivity index (χ2v) is 4.88. The summed E-state index contributed by atoms with van der Waals surface area (Å²) in [5, 5.41) is 28.5. The van der Waals surface area contributed by atoms with Gasteiger partial charge in [0.05, 0.1) is 19.0 Å². The van der Waals surface area contributed by atoms with Crippen LogP contribution in [0.3, 0.4) is 0 Å². The molecule has 0 unspecified atom stereocenters. The van der Waals surface area contributed by atoms with Gasteiger partial charge in [0.2, 0.25) is 11.8 Å². The second-order valence-electron chi connectivity index (χ2n) is 4.88. The lowest BCUT2D eigenvalue weighted by molar-refractivity contribution is 0.0536. The van der Waals surface area contributed by atoms with Crippen LogP contribution in [0.25, 0.3) is 11.2 Å². The minimum Gasteiger partial charge on any atom is -0.492 e. The molecule has 0 spiro atoms. The standard InChI is InChI=1S/C12H15N5O3/c1-5-6(2-18)7(3-19)9(5)17-4-14-8-10(17)15-12(13)16-11(8)20/h4,6-7,9,18-19H,1-3H2,(H3,13,15,16,20)/t6-,7+,9+/m0/s1. The van der Waals surface area contributed by atoms with E-state index < -0.39 is 0 Å². The van der Waals surface area contributed by atoms with Gasteiger partial charge in [0.1, 0.15) is 0 Å². The van der Waals surface area contributed by atoms with Crippen LogP contribution in [0.1, 0.15) is 6.04 Å². The Morgan fingerprint density at radius 2 is 2.05 bits per heavy atom. The summed E-state index contributed by atoms with van der Waals surface area (Å²) >= 11 is 0. The normalized spacial score (nSPS) is 25.9. The SMILES string of the molecule is C=C1[C@@H](n2cnc3c(O)nc(N)nc32)[C@H](CO)[C@H]1CO. The van der Waals surface area contributed by atoms with E-state index in [0.717, 1.165) is 5.57 Å². The second kappa shape index (κ2) is 4.43. The Balaban J connectivity index is 2.09. The molecule has 1 aliphatic rings. The maximum absolute atomic E-state index is 9.71. The van der Waals surface area contributed by atoms with Crippen molar-refractivity contribution < 1.29 is 15.3 Å². The molecular weight excluding hydrogens is 262 g/mol. The summed E-state index contributed by atoms with van der Waals surface area (Å²) in [5.74, 6) is -0.644. The zero-order valence-electron chi connectivity index (χ0n) is 10.6. The predicted octanol–water partition coefficient (Wildman–Crippen LogP) is -0.558. The number of aromatic nitrogens is 4. The Hall–Kier alpha value is -2.19. The highest BCUT2D eigenvalue weighted by atomic mass is 16.3. The van der Waals surface area contributed by atoms with Gasteiger partial charge in [0.15, 0.2) is 11.2 Å². The molecule has 0 amide bonds. The molecule has 3 atom stereocenters. The number of anilines is 1. The lowest BCUT2D eigenvalue weighted by Crippen LogP contribution is -2.44. The molecule has 20 heavy (non-hydrogen) atoms. The van der Waals surface area contributed by atoms with E-state index in [2.05, 4.69) is 21.5 Å². The number of fused-ring (bicyclic) bond motifs is 1. The van der Waals surface area contributed by atoms with Crippen molar-refractivity contribution in [3.05, 3.63) is 18.5 Å². The van der Waals surface area contributed by atoms with Crippen LogP contribution >= 0.6 is 0 Å². The summed E-state index contributed by atoms with van der Waals surface area (Å²) in [5.41, 5.74) is 6.96. The van der Waals surface area contributed by atoms with E-state index in [0.29, 0.717) is 5.65 Å². The topological polar surface area (TPSA) is 130 Å². The third-order valence-electron chi connectivity index (χ3n) is 3.91. The van der Waals surface area contributed by atoms with E-state index in [1.54, 1.807) is 4.57 Å². The molecule has 1 aliphatic carbocycles. The summed E-state index contributed by atoms with van der Waals surface area (Å²) in [6.45, 7) is 3.80. The molecule has 2 aromatic heterocycles. The molecule has 1 fully saturated rings. The van der Waals surface area contributed by atoms with Crippen LogP contribution in [0.2, 0.25) is 0 Å². The van der Waals surface area contributed by atoms with Crippen LogP contribution in [0, 0.1) is 11.8 Å². The van der Waals surface area contributed by atoms with Gasteiger partial charge >= 0.3 is 0 Å². The average molecular weight is 277 g/mol. The molecule has 1 saturated carbocycles. The summed E-state index contributed by atoms with van der Waals surface area (Å²) in [7, 11) is 0. The van der Waals surface area contributed by atoms with Gasteiger partial charge in [-0.2, -0.15) is 9.97 Å². The van der Waals surface area contributed by atoms with Crippen molar-refractivity contribution in [1.29, 1.82) is 0 Å². The van der Waals surface area contributed by atoms with Crippen molar-refractivity contribution >= 4 is 17.1 Å². The summed E-state index contributed by atoms with van der Waals surface area (Å²) < 4.78 is 1.70. The zero-order chi connectivity index (χ0) is 14.4. The number of aliphatic hydroxyl groups is 2. The molecule has 2 aromatic rings. The number of aromatic hydroxyl groups is 1. The maximum Gasteiger partial charge on any atom is 0.244 e. The summed E-state index contributed by atoms with van der Waals surface area (Å²) in [4.78, 5) is 11.8. The Bertz CT molecular complexity index is 683. The van der Waals surface area contributed by atoms with E-state index in [9.17, 15) is 15.3 Å². The first kappa shape index (κ1) is 12.8. The van der Waals surface area contributed by atoms with Crippen molar-refractivity contribution in [3.63, 3.8) is 0 Å². The number of rotatable bonds is 3. The number of imidazole rings is 1. The number of aliphatic hydroxyl groups excluding tert-OH is 2. The lowest BCUT2D eigenvalue weighted by atomic mass is 9.66. The number of nitrogens with zero attached hydrogens (tertiary/aromatic N) is 4.